The Balaban J connectivity index is 1.58. The smallest absolute Gasteiger partial charge is 0.225 e. The summed E-state index contributed by atoms with van der Waals surface area (Å²) in [6.07, 6.45) is 2.89. The van der Waals surface area contributed by atoms with Crippen molar-refractivity contribution in [2.45, 2.75) is 39.7 Å². The van der Waals surface area contributed by atoms with Gasteiger partial charge in [0.2, 0.25) is 5.91 Å². The van der Waals surface area contributed by atoms with Gasteiger partial charge in [0.05, 0.1) is 18.2 Å². The molecule has 1 amide bonds. The third kappa shape index (κ3) is 4.61. The van der Waals surface area contributed by atoms with Gasteiger partial charge in [0.25, 0.3) is 0 Å². The molecule has 0 saturated heterocycles. The molecule has 0 radical (unpaired) electrons. The average molecular weight is 437 g/mol. The fourth-order valence-corrected chi connectivity index (χ4v) is 3.84. The highest BCUT2D eigenvalue weighted by Gasteiger charge is 2.23. The molecule has 7 nitrogen and oxygen atoms in total. The third-order valence-corrected chi connectivity index (χ3v) is 5.47. The Morgan fingerprint density at radius 2 is 1.94 bits per heavy atom. The second-order valence-corrected chi connectivity index (χ2v) is 8.53. The molecule has 0 fully saturated rings. The van der Waals surface area contributed by atoms with Gasteiger partial charge >= 0.3 is 0 Å². The predicted molar refractivity (Wildman–Crippen MR) is 121 cm³/mol. The van der Waals surface area contributed by atoms with Crippen LogP contribution in [0.2, 0.25) is 5.02 Å². The lowest BCUT2D eigenvalue weighted by atomic mass is 10.0. The molecule has 31 heavy (non-hydrogen) atoms. The maximum atomic E-state index is 13.1. The van der Waals surface area contributed by atoms with E-state index in [1.54, 1.807) is 0 Å². The van der Waals surface area contributed by atoms with Crippen LogP contribution in [0.15, 0.2) is 48.7 Å². The molecule has 0 aliphatic carbocycles. The highest BCUT2D eigenvalue weighted by atomic mass is 35.5. The number of hydrogen-bond donors (Lipinski definition) is 2. The number of nitrogens with zero attached hydrogens (tertiary/aromatic N) is 4. The fourth-order valence-electron chi connectivity index (χ4n) is 3.72. The minimum absolute atomic E-state index is 0.0851. The van der Waals surface area contributed by atoms with Crippen LogP contribution < -0.4 is 5.32 Å². The first-order valence-electron chi connectivity index (χ1n) is 10.3. The highest BCUT2D eigenvalue weighted by Crippen LogP contribution is 2.26. The van der Waals surface area contributed by atoms with Crippen LogP contribution >= 0.6 is 11.6 Å². The summed E-state index contributed by atoms with van der Waals surface area (Å²) in [5.41, 5.74) is 4.18. The molecule has 4 rings (SSSR count). The molecule has 0 unspecified atom stereocenters. The van der Waals surface area contributed by atoms with Crippen LogP contribution in [0.3, 0.4) is 0 Å². The van der Waals surface area contributed by atoms with Gasteiger partial charge in [-0.15, -0.1) is 10.2 Å². The summed E-state index contributed by atoms with van der Waals surface area (Å²) in [7, 11) is 0. The number of pyridine rings is 1. The van der Waals surface area contributed by atoms with E-state index in [2.05, 4.69) is 39.6 Å². The SMILES string of the molecule is Cc1[nH]nc(-c2ccc(Cl)cc2)c1CC(=O)N[C@@H](CC(C)C)c1nnc2ccccn12. The van der Waals surface area contributed by atoms with Gasteiger partial charge in [0, 0.05) is 28.0 Å². The van der Waals surface area contributed by atoms with E-state index in [4.69, 9.17) is 11.6 Å². The maximum absolute atomic E-state index is 13.1. The summed E-state index contributed by atoms with van der Waals surface area (Å²) in [5.74, 6) is 1.03. The molecular weight excluding hydrogens is 412 g/mol. The molecule has 0 spiro atoms. The van der Waals surface area contributed by atoms with Crippen molar-refractivity contribution in [1.29, 1.82) is 0 Å². The van der Waals surface area contributed by atoms with Crippen LogP contribution in [0.25, 0.3) is 16.9 Å². The normalized spacial score (nSPS) is 12.4. The Morgan fingerprint density at radius 3 is 2.68 bits per heavy atom. The number of benzene rings is 1. The number of hydrogen-bond acceptors (Lipinski definition) is 4. The number of carbonyl (C=O) groups excluding carboxylic acids is 1. The first-order chi connectivity index (χ1) is 14.9. The van der Waals surface area contributed by atoms with Gasteiger partial charge in [-0.1, -0.05) is 43.6 Å². The molecule has 1 atom stereocenters. The van der Waals surface area contributed by atoms with E-state index in [9.17, 15) is 4.79 Å². The first-order valence-corrected chi connectivity index (χ1v) is 10.7. The van der Waals surface area contributed by atoms with E-state index in [0.717, 1.165) is 40.4 Å². The molecule has 0 saturated carbocycles. The van der Waals surface area contributed by atoms with Gasteiger partial charge in [-0.2, -0.15) is 5.10 Å². The van der Waals surface area contributed by atoms with Crippen molar-refractivity contribution in [3.8, 4) is 11.3 Å². The predicted octanol–water partition coefficient (Wildman–Crippen LogP) is 4.53. The standard InChI is InChI=1S/C23H25ClN6O/c1-14(2)12-19(23-29-27-20-6-4-5-11-30(20)23)25-21(31)13-18-15(3)26-28-22(18)16-7-9-17(24)10-8-16/h4-11,14,19H,12-13H2,1-3H3,(H,25,31)(H,26,28)/t19-/m0/s1. The number of aromatic nitrogens is 5. The van der Waals surface area contributed by atoms with Gasteiger partial charge in [-0.05, 0) is 43.5 Å². The molecule has 3 aromatic heterocycles. The Labute approximate surface area is 185 Å². The van der Waals surface area contributed by atoms with Gasteiger partial charge in [-0.25, -0.2) is 0 Å². The highest BCUT2D eigenvalue weighted by molar-refractivity contribution is 6.30. The lowest BCUT2D eigenvalue weighted by Crippen LogP contribution is -2.32. The summed E-state index contributed by atoms with van der Waals surface area (Å²) in [4.78, 5) is 13.1. The molecular formula is C23H25ClN6O. The van der Waals surface area contributed by atoms with Crippen molar-refractivity contribution in [2.24, 2.45) is 5.92 Å². The molecule has 3 heterocycles. The maximum Gasteiger partial charge on any atom is 0.225 e. The number of aryl methyl sites for hydroxylation is 1. The molecule has 4 aromatic rings. The van der Waals surface area contributed by atoms with Crippen molar-refractivity contribution in [2.75, 3.05) is 0 Å². The molecule has 8 heteroatoms. The van der Waals surface area contributed by atoms with E-state index in [1.165, 1.54) is 0 Å². The van der Waals surface area contributed by atoms with E-state index in [1.807, 2.05) is 60.0 Å². The molecule has 160 valence electrons. The lowest BCUT2D eigenvalue weighted by Gasteiger charge is -2.19. The van der Waals surface area contributed by atoms with Crippen molar-refractivity contribution in [3.63, 3.8) is 0 Å². The Bertz CT molecular complexity index is 1190. The first kappa shape index (κ1) is 21.1. The van der Waals surface area contributed by atoms with E-state index >= 15 is 0 Å². The Morgan fingerprint density at radius 1 is 1.16 bits per heavy atom. The third-order valence-electron chi connectivity index (χ3n) is 5.22. The zero-order valence-corrected chi connectivity index (χ0v) is 18.5. The second-order valence-electron chi connectivity index (χ2n) is 8.10. The summed E-state index contributed by atoms with van der Waals surface area (Å²) < 4.78 is 1.93. The molecule has 1 aromatic carbocycles. The summed E-state index contributed by atoms with van der Waals surface area (Å²) >= 11 is 6.01. The van der Waals surface area contributed by atoms with E-state index in [0.29, 0.717) is 10.9 Å². The molecule has 2 N–H and O–H groups in total. The molecule has 0 bridgehead atoms. The zero-order valence-electron chi connectivity index (χ0n) is 17.8. The molecule has 0 aliphatic rings. The Kier molecular flexibility index (Phi) is 6.04. The summed E-state index contributed by atoms with van der Waals surface area (Å²) in [6.45, 7) is 6.18. The van der Waals surface area contributed by atoms with Crippen molar-refractivity contribution >= 4 is 23.2 Å². The largest absolute Gasteiger partial charge is 0.346 e. The van der Waals surface area contributed by atoms with Crippen LogP contribution in [-0.2, 0) is 11.2 Å². The average Bonchev–Trinajstić information content (AvgIpc) is 3.32. The van der Waals surface area contributed by atoms with Crippen LogP contribution in [0.4, 0.5) is 0 Å². The zero-order chi connectivity index (χ0) is 22.0. The van der Waals surface area contributed by atoms with Gasteiger partial charge in [0.1, 0.15) is 0 Å². The van der Waals surface area contributed by atoms with Crippen LogP contribution in [0, 0.1) is 12.8 Å². The number of carbonyl (C=O) groups is 1. The number of amides is 1. The van der Waals surface area contributed by atoms with Crippen LogP contribution in [0.5, 0.6) is 0 Å². The summed E-state index contributed by atoms with van der Waals surface area (Å²) in [6, 6.07) is 13.0. The van der Waals surface area contributed by atoms with Crippen molar-refractivity contribution in [1.82, 2.24) is 30.1 Å². The van der Waals surface area contributed by atoms with Crippen molar-refractivity contribution in [3.05, 3.63) is 70.8 Å². The molecule has 0 aliphatic heterocycles. The van der Waals surface area contributed by atoms with E-state index in [-0.39, 0.29) is 18.4 Å². The topological polar surface area (TPSA) is 88.0 Å². The number of aromatic amines is 1. The van der Waals surface area contributed by atoms with Gasteiger partial charge in [-0.3, -0.25) is 14.3 Å². The second kappa shape index (κ2) is 8.89. The number of fused-ring (bicyclic) bond motifs is 1. The number of halogens is 1. The number of H-pyrrole nitrogens is 1. The fraction of sp³-hybridized carbons (Fsp3) is 0.304. The number of rotatable bonds is 7. The lowest BCUT2D eigenvalue weighted by molar-refractivity contribution is -0.121. The Hall–Kier alpha value is -3.19. The van der Waals surface area contributed by atoms with Crippen LogP contribution in [-0.4, -0.2) is 30.7 Å². The minimum atomic E-state index is -0.240. The van der Waals surface area contributed by atoms with Gasteiger partial charge in [0.15, 0.2) is 11.5 Å². The quantitative estimate of drug-likeness (QED) is 0.445. The minimum Gasteiger partial charge on any atom is -0.346 e. The van der Waals surface area contributed by atoms with Crippen LogP contribution in [0.1, 0.15) is 43.4 Å². The monoisotopic (exact) mass is 436 g/mol. The number of nitrogens with one attached hydrogen (secondary N) is 2. The summed E-state index contributed by atoms with van der Waals surface area (Å²) in [5, 5.41) is 19.8. The van der Waals surface area contributed by atoms with Crippen molar-refractivity contribution < 1.29 is 4.79 Å². The van der Waals surface area contributed by atoms with Gasteiger partial charge < -0.3 is 5.32 Å². The van der Waals surface area contributed by atoms with E-state index < -0.39 is 0 Å².